The van der Waals surface area contributed by atoms with Crippen LogP contribution in [0.1, 0.15) is 22.3 Å². The van der Waals surface area contributed by atoms with Crippen LogP contribution in [-0.2, 0) is 6.54 Å². The molecule has 1 aromatic rings. The summed E-state index contributed by atoms with van der Waals surface area (Å²) in [5.74, 6) is 1.12. The van der Waals surface area contributed by atoms with Gasteiger partial charge in [0, 0.05) is 25.4 Å². The van der Waals surface area contributed by atoms with Gasteiger partial charge in [-0.1, -0.05) is 12.1 Å². The first-order valence-corrected chi connectivity index (χ1v) is 7.11. The minimum absolute atomic E-state index is 0.260. The SMILES string of the molecule is O=C(O)c1ccc(CNCCSCCCO)cc1. The molecule has 0 amide bonds. The Bertz CT molecular complexity index is 354. The van der Waals surface area contributed by atoms with Gasteiger partial charge in [-0.25, -0.2) is 4.79 Å². The summed E-state index contributed by atoms with van der Waals surface area (Å²) in [7, 11) is 0. The lowest BCUT2D eigenvalue weighted by Crippen LogP contribution is -2.16. The molecule has 5 heteroatoms. The van der Waals surface area contributed by atoms with Gasteiger partial charge < -0.3 is 15.5 Å². The predicted molar refractivity (Wildman–Crippen MR) is 74.1 cm³/mol. The number of carboxylic acid groups (broad SMARTS) is 1. The van der Waals surface area contributed by atoms with E-state index in [2.05, 4.69) is 5.32 Å². The van der Waals surface area contributed by atoms with Crippen molar-refractivity contribution < 1.29 is 15.0 Å². The van der Waals surface area contributed by atoms with E-state index >= 15 is 0 Å². The van der Waals surface area contributed by atoms with Gasteiger partial charge in [-0.05, 0) is 29.9 Å². The van der Waals surface area contributed by atoms with E-state index in [1.54, 1.807) is 12.1 Å². The van der Waals surface area contributed by atoms with Gasteiger partial charge in [-0.15, -0.1) is 0 Å². The van der Waals surface area contributed by atoms with Gasteiger partial charge >= 0.3 is 5.97 Å². The largest absolute Gasteiger partial charge is 0.478 e. The second kappa shape index (κ2) is 8.97. The number of carbonyl (C=O) groups is 1. The topological polar surface area (TPSA) is 69.6 Å². The minimum Gasteiger partial charge on any atom is -0.478 e. The molecule has 100 valence electrons. The summed E-state index contributed by atoms with van der Waals surface area (Å²) in [6, 6.07) is 6.90. The molecule has 0 fully saturated rings. The van der Waals surface area contributed by atoms with Crippen LogP contribution >= 0.6 is 11.8 Å². The lowest BCUT2D eigenvalue weighted by molar-refractivity contribution is 0.0697. The summed E-state index contributed by atoms with van der Waals surface area (Å²) in [6.45, 7) is 1.92. The van der Waals surface area contributed by atoms with E-state index in [1.165, 1.54) is 0 Å². The maximum atomic E-state index is 10.7. The molecule has 0 saturated carbocycles. The summed E-state index contributed by atoms with van der Waals surface area (Å²) in [5, 5.41) is 20.7. The average Bonchev–Trinajstić information content (AvgIpc) is 2.38. The molecular weight excluding hydrogens is 250 g/mol. The number of aliphatic hydroxyl groups excluding tert-OH is 1. The van der Waals surface area contributed by atoms with Crippen LogP contribution in [0.2, 0.25) is 0 Å². The van der Waals surface area contributed by atoms with Crippen LogP contribution in [0.5, 0.6) is 0 Å². The molecule has 0 radical (unpaired) electrons. The molecule has 0 aliphatic heterocycles. The number of nitrogens with one attached hydrogen (secondary N) is 1. The first-order chi connectivity index (χ1) is 8.74. The van der Waals surface area contributed by atoms with Gasteiger partial charge in [0.2, 0.25) is 0 Å². The van der Waals surface area contributed by atoms with E-state index in [1.807, 2.05) is 23.9 Å². The summed E-state index contributed by atoms with van der Waals surface area (Å²) >= 11 is 1.82. The lowest BCUT2D eigenvalue weighted by atomic mass is 10.1. The third-order valence-electron chi connectivity index (χ3n) is 2.40. The molecule has 0 bridgehead atoms. The minimum atomic E-state index is -0.894. The Morgan fingerprint density at radius 1 is 1.22 bits per heavy atom. The van der Waals surface area contributed by atoms with Gasteiger partial charge in [0.15, 0.2) is 0 Å². The monoisotopic (exact) mass is 269 g/mol. The molecule has 1 aromatic carbocycles. The highest BCUT2D eigenvalue weighted by Crippen LogP contribution is 2.04. The maximum absolute atomic E-state index is 10.7. The highest BCUT2D eigenvalue weighted by molar-refractivity contribution is 7.99. The number of carboxylic acids is 1. The Morgan fingerprint density at radius 3 is 2.56 bits per heavy atom. The zero-order chi connectivity index (χ0) is 13.2. The highest BCUT2D eigenvalue weighted by atomic mass is 32.2. The number of rotatable bonds is 9. The molecule has 0 saturated heterocycles. The Kier molecular flexibility index (Phi) is 7.48. The Balaban J connectivity index is 2.14. The summed E-state index contributed by atoms with van der Waals surface area (Å²) in [5.41, 5.74) is 1.40. The van der Waals surface area contributed by atoms with E-state index in [0.29, 0.717) is 5.56 Å². The van der Waals surface area contributed by atoms with Gasteiger partial charge in [0.1, 0.15) is 0 Å². The Labute approximate surface area is 111 Å². The second-order valence-corrected chi connectivity index (χ2v) is 5.09. The van der Waals surface area contributed by atoms with Crippen LogP contribution in [0.15, 0.2) is 24.3 Å². The van der Waals surface area contributed by atoms with Crippen molar-refractivity contribution in [3.8, 4) is 0 Å². The first-order valence-electron chi connectivity index (χ1n) is 5.95. The molecule has 3 N–H and O–H groups in total. The predicted octanol–water partition coefficient (Wildman–Crippen LogP) is 1.59. The molecule has 0 aliphatic carbocycles. The third kappa shape index (κ3) is 6.05. The van der Waals surface area contributed by atoms with Crippen molar-refractivity contribution in [1.29, 1.82) is 0 Å². The van der Waals surface area contributed by atoms with Gasteiger partial charge in [-0.3, -0.25) is 0 Å². The normalized spacial score (nSPS) is 10.5. The average molecular weight is 269 g/mol. The quantitative estimate of drug-likeness (QED) is 0.594. The van der Waals surface area contributed by atoms with Crippen LogP contribution in [0, 0.1) is 0 Å². The van der Waals surface area contributed by atoms with Crippen molar-refractivity contribution in [2.24, 2.45) is 0 Å². The van der Waals surface area contributed by atoms with Gasteiger partial charge in [0.25, 0.3) is 0 Å². The molecule has 0 atom stereocenters. The van der Waals surface area contributed by atoms with Crippen LogP contribution in [0.4, 0.5) is 0 Å². The van der Waals surface area contributed by atoms with Crippen molar-refractivity contribution in [3.05, 3.63) is 35.4 Å². The molecule has 0 aromatic heterocycles. The number of thioether (sulfide) groups is 1. The fraction of sp³-hybridized carbons (Fsp3) is 0.462. The fourth-order valence-corrected chi connectivity index (χ4v) is 2.24. The zero-order valence-corrected chi connectivity index (χ0v) is 11.1. The van der Waals surface area contributed by atoms with Crippen LogP contribution in [0.3, 0.4) is 0 Å². The van der Waals surface area contributed by atoms with Crippen molar-refractivity contribution in [1.82, 2.24) is 5.32 Å². The lowest BCUT2D eigenvalue weighted by Gasteiger charge is -2.05. The van der Waals surface area contributed by atoms with Crippen molar-refractivity contribution >= 4 is 17.7 Å². The molecule has 0 spiro atoms. The third-order valence-corrected chi connectivity index (χ3v) is 3.47. The molecule has 0 unspecified atom stereocenters. The maximum Gasteiger partial charge on any atom is 0.335 e. The smallest absolute Gasteiger partial charge is 0.335 e. The summed E-state index contributed by atoms with van der Waals surface area (Å²) in [6.07, 6.45) is 0.849. The van der Waals surface area contributed by atoms with E-state index in [-0.39, 0.29) is 6.61 Å². The summed E-state index contributed by atoms with van der Waals surface area (Å²) < 4.78 is 0. The number of benzene rings is 1. The van der Waals surface area contributed by atoms with Crippen LogP contribution in [0.25, 0.3) is 0 Å². The molecule has 1 rings (SSSR count). The molecule has 0 aliphatic rings. The molecule has 0 heterocycles. The summed E-state index contributed by atoms with van der Waals surface area (Å²) in [4.78, 5) is 10.7. The molecule has 18 heavy (non-hydrogen) atoms. The van der Waals surface area contributed by atoms with Crippen LogP contribution < -0.4 is 5.32 Å². The number of hydrogen-bond acceptors (Lipinski definition) is 4. The first kappa shape index (κ1) is 15.0. The van der Waals surface area contributed by atoms with Crippen LogP contribution in [-0.4, -0.2) is 40.8 Å². The van der Waals surface area contributed by atoms with E-state index < -0.39 is 5.97 Å². The van der Waals surface area contributed by atoms with Crippen molar-refractivity contribution in [2.75, 3.05) is 24.7 Å². The fourth-order valence-electron chi connectivity index (χ4n) is 1.41. The van der Waals surface area contributed by atoms with E-state index in [0.717, 1.165) is 36.6 Å². The van der Waals surface area contributed by atoms with Gasteiger partial charge in [-0.2, -0.15) is 11.8 Å². The number of aliphatic hydroxyl groups is 1. The van der Waals surface area contributed by atoms with Crippen molar-refractivity contribution in [2.45, 2.75) is 13.0 Å². The number of hydrogen-bond donors (Lipinski definition) is 3. The zero-order valence-electron chi connectivity index (χ0n) is 10.3. The number of aromatic carboxylic acids is 1. The standard InChI is InChI=1S/C13H19NO3S/c15-7-1-8-18-9-6-14-10-11-2-4-12(5-3-11)13(16)17/h2-5,14-15H,1,6-10H2,(H,16,17). The Morgan fingerprint density at radius 2 is 1.94 bits per heavy atom. The van der Waals surface area contributed by atoms with E-state index in [4.69, 9.17) is 10.2 Å². The molecule has 4 nitrogen and oxygen atoms in total. The second-order valence-electron chi connectivity index (χ2n) is 3.87. The van der Waals surface area contributed by atoms with E-state index in [9.17, 15) is 4.79 Å². The van der Waals surface area contributed by atoms with Crippen molar-refractivity contribution in [3.63, 3.8) is 0 Å². The highest BCUT2D eigenvalue weighted by Gasteiger charge is 2.01. The Hall–Kier alpha value is -1.04. The molecular formula is C13H19NO3S. The van der Waals surface area contributed by atoms with Gasteiger partial charge in [0.05, 0.1) is 5.56 Å².